The standard InChI is InChI=1S/C15H20N2O4/c1-10(18)7-8-16(2)15(21)17-9-12(14(19)20)11-5-3-4-6-13(11)17/h3-6,10,12,18H,7-9H2,1-2H3,(H,19,20). The maximum absolute atomic E-state index is 12.5. The summed E-state index contributed by atoms with van der Waals surface area (Å²) in [6.07, 6.45) is 0.0120. The highest BCUT2D eigenvalue weighted by Crippen LogP contribution is 2.36. The molecule has 6 nitrogen and oxygen atoms in total. The van der Waals surface area contributed by atoms with Gasteiger partial charge in [0.2, 0.25) is 0 Å². The summed E-state index contributed by atoms with van der Waals surface area (Å²) in [6.45, 7) is 2.24. The Bertz CT molecular complexity index is 544. The summed E-state index contributed by atoms with van der Waals surface area (Å²) in [6, 6.07) is 6.83. The number of aliphatic carboxylic acids is 1. The molecule has 2 unspecified atom stereocenters. The molecule has 6 heteroatoms. The van der Waals surface area contributed by atoms with Crippen molar-refractivity contribution in [1.82, 2.24) is 4.90 Å². The fraction of sp³-hybridized carbons (Fsp3) is 0.467. The van der Waals surface area contributed by atoms with E-state index < -0.39 is 18.0 Å². The van der Waals surface area contributed by atoms with Gasteiger partial charge in [0, 0.05) is 25.8 Å². The molecule has 21 heavy (non-hydrogen) atoms. The van der Waals surface area contributed by atoms with Crippen molar-refractivity contribution in [1.29, 1.82) is 0 Å². The van der Waals surface area contributed by atoms with E-state index >= 15 is 0 Å². The van der Waals surface area contributed by atoms with Crippen molar-refractivity contribution in [2.24, 2.45) is 0 Å². The number of nitrogens with zero attached hydrogens (tertiary/aromatic N) is 2. The summed E-state index contributed by atoms with van der Waals surface area (Å²) in [4.78, 5) is 26.8. The number of carbonyl (C=O) groups excluding carboxylic acids is 1. The number of carbonyl (C=O) groups is 2. The zero-order chi connectivity index (χ0) is 15.6. The lowest BCUT2D eigenvalue weighted by Gasteiger charge is -2.25. The van der Waals surface area contributed by atoms with Crippen molar-refractivity contribution in [3.05, 3.63) is 29.8 Å². The normalized spacial score (nSPS) is 18.2. The van der Waals surface area contributed by atoms with Crippen molar-refractivity contribution in [2.45, 2.75) is 25.4 Å². The first-order chi connectivity index (χ1) is 9.91. The average Bonchev–Trinajstić information content (AvgIpc) is 2.83. The van der Waals surface area contributed by atoms with Crippen LogP contribution in [0.25, 0.3) is 0 Å². The summed E-state index contributed by atoms with van der Waals surface area (Å²) in [7, 11) is 1.65. The van der Waals surface area contributed by atoms with Gasteiger partial charge in [0.05, 0.1) is 6.10 Å². The molecular formula is C15H20N2O4. The third kappa shape index (κ3) is 3.16. The second-order valence-electron chi connectivity index (χ2n) is 5.40. The highest BCUT2D eigenvalue weighted by molar-refractivity contribution is 5.97. The van der Waals surface area contributed by atoms with Crippen LogP contribution in [0.1, 0.15) is 24.8 Å². The molecule has 0 aliphatic carbocycles. The minimum absolute atomic E-state index is 0.145. The van der Waals surface area contributed by atoms with Gasteiger partial charge in [0.15, 0.2) is 0 Å². The summed E-state index contributed by atoms with van der Waals surface area (Å²) in [5.41, 5.74) is 1.32. The number of carboxylic acid groups (broad SMARTS) is 1. The molecule has 0 spiro atoms. The number of anilines is 1. The molecule has 0 aromatic heterocycles. The Hall–Kier alpha value is -2.08. The van der Waals surface area contributed by atoms with Gasteiger partial charge in [-0.2, -0.15) is 0 Å². The molecule has 2 N–H and O–H groups in total. The van der Waals surface area contributed by atoms with E-state index in [2.05, 4.69) is 0 Å². The minimum atomic E-state index is -0.926. The molecule has 2 atom stereocenters. The fourth-order valence-electron chi connectivity index (χ4n) is 2.48. The third-order valence-corrected chi connectivity index (χ3v) is 3.71. The maximum Gasteiger partial charge on any atom is 0.324 e. The van der Waals surface area contributed by atoms with Crippen molar-refractivity contribution in [3.63, 3.8) is 0 Å². The van der Waals surface area contributed by atoms with Crippen LogP contribution in [-0.4, -0.2) is 53.4 Å². The van der Waals surface area contributed by atoms with Crippen molar-refractivity contribution in [2.75, 3.05) is 25.0 Å². The number of urea groups is 1. The van der Waals surface area contributed by atoms with E-state index in [4.69, 9.17) is 0 Å². The smallest absolute Gasteiger partial charge is 0.324 e. The summed E-state index contributed by atoms with van der Waals surface area (Å²) in [5, 5.41) is 18.6. The lowest BCUT2D eigenvalue weighted by atomic mass is 10.0. The molecule has 0 bridgehead atoms. The number of benzene rings is 1. The van der Waals surface area contributed by atoms with E-state index in [0.717, 1.165) is 0 Å². The molecule has 0 saturated carbocycles. The fourth-order valence-corrected chi connectivity index (χ4v) is 2.48. The van der Waals surface area contributed by atoms with Gasteiger partial charge in [0.1, 0.15) is 5.92 Å². The van der Waals surface area contributed by atoms with E-state index in [1.165, 1.54) is 9.80 Å². The Morgan fingerprint density at radius 3 is 2.71 bits per heavy atom. The van der Waals surface area contributed by atoms with E-state index in [0.29, 0.717) is 24.2 Å². The average molecular weight is 292 g/mol. The molecule has 0 radical (unpaired) electrons. The van der Waals surface area contributed by atoms with E-state index in [9.17, 15) is 19.8 Å². The number of aliphatic hydroxyl groups excluding tert-OH is 1. The molecule has 1 aromatic carbocycles. The number of hydrogen-bond donors (Lipinski definition) is 2. The number of carboxylic acids is 1. The molecule has 114 valence electrons. The monoisotopic (exact) mass is 292 g/mol. The van der Waals surface area contributed by atoms with Crippen LogP contribution in [0.2, 0.25) is 0 Å². The largest absolute Gasteiger partial charge is 0.481 e. The van der Waals surface area contributed by atoms with Gasteiger partial charge in [-0.05, 0) is 25.0 Å². The van der Waals surface area contributed by atoms with Crippen LogP contribution >= 0.6 is 0 Å². The van der Waals surface area contributed by atoms with E-state index in [-0.39, 0.29) is 12.6 Å². The van der Waals surface area contributed by atoms with Gasteiger partial charge in [-0.25, -0.2) is 4.79 Å². The zero-order valence-electron chi connectivity index (χ0n) is 12.2. The summed E-state index contributed by atoms with van der Waals surface area (Å²) >= 11 is 0. The van der Waals surface area contributed by atoms with Crippen LogP contribution in [0.15, 0.2) is 24.3 Å². The van der Waals surface area contributed by atoms with Crippen molar-refractivity contribution >= 4 is 17.7 Å². The predicted molar refractivity (Wildman–Crippen MR) is 78.5 cm³/mol. The number of hydrogen-bond acceptors (Lipinski definition) is 3. The number of rotatable bonds is 4. The van der Waals surface area contributed by atoms with Crippen LogP contribution in [0.3, 0.4) is 0 Å². The van der Waals surface area contributed by atoms with Gasteiger partial charge in [-0.3, -0.25) is 9.69 Å². The third-order valence-electron chi connectivity index (χ3n) is 3.71. The maximum atomic E-state index is 12.5. The Kier molecular flexibility index (Phi) is 4.47. The lowest BCUT2D eigenvalue weighted by Crippen LogP contribution is -2.42. The molecule has 1 heterocycles. The molecule has 2 amide bonds. The Balaban J connectivity index is 2.18. The Morgan fingerprint density at radius 2 is 2.10 bits per heavy atom. The second kappa shape index (κ2) is 6.13. The number of fused-ring (bicyclic) bond motifs is 1. The predicted octanol–water partition coefficient (Wildman–Crippen LogP) is 1.50. The number of amides is 2. The van der Waals surface area contributed by atoms with Crippen LogP contribution < -0.4 is 4.90 Å². The first-order valence-corrected chi connectivity index (χ1v) is 6.94. The van der Waals surface area contributed by atoms with Gasteiger partial charge in [0.25, 0.3) is 0 Å². The zero-order valence-corrected chi connectivity index (χ0v) is 12.2. The minimum Gasteiger partial charge on any atom is -0.481 e. The van der Waals surface area contributed by atoms with Gasteiger partial charge >= 0.3 is 12.0 Å². The first-order valence-electron chi connectivity index (χ1n) is 6.94. The molecule has 1 aliphatic heterocycles. The molecule has 2 rings (SSSR count). The lowest BCUT2D eigenvalue weighted by molar-refractivity contribution is -0.138. The Morgan fingerprint density at radius 1 is 1.43 bits per heavy atom. The van der Waals surface area contributed by atoms with Crippen molar-refractivity contribution < 1.29 is 19.8 Å². The highest BCUT2D eigenvalue weighted by Gasteiger charge is 2.37. The topological polar surface area (TPSA) is 81.1 Å². The van der Waals surface area contributed by atoms with E-state index in [1.54, 1.807) is 38.2 Å². The molecule has 1 aromatic rings. The van der Waals surface area contributed by atoms with E-state index in [1.807, 2.05) is 0 Å². The van der Waals surface area contributed by atoms with Crippen LogP contribution in [-0.2, 0) is 4.79 Å². The first kappa shape index (κ1) is 15.3. The quantitative estimate of drug-likeness (QED) is 0.881. The van der Waals surface area contributed by atoms with Gasteiger partial charge in [-0.1, -0.05) is 18.2 Å². The second-order valence-corrected chi connectivity index (χ2v) is 5.40. The van der Waals surface area contributed by atoms with Crippen molar-refractivity contribution in [3.8, 4) is 0 Å². The molecular weight excluding hydrogens is 272 g/mol. The summed E-state index contributed by atoms with van der Waals surface area (Å²) in [5.74, 6) is -1.61. The van der Waals surface area contributed by atoms with Gasteiger partial charge in [-0.15, -0.1) is 0 Å². The number of aliphatic hydroxyl groups is 1. The van der Waals surface area contributed by atoms with Crippen LogP contribution in [0.5, 0.6) is 0 Å². The molecule has 0 saturated heterocycles. The molecule has 1 aliphatic rings. The molecule has 0 fully saturated rings. The SMILES string of the molecule is CC(O)CCN(C)C(=O)N1CC(C(=O)O)c2ccccc21. The summed E-state index contributed by atoms with van der Waals surface area (Å²) < 4.78 is 0. The van der Waals surface area contributed by atoms with Crippen LogP contribution in [0.4, 0.5) is 10.5 Å². The Labute approximate surface area is 123 Å². The van der Waals surface area contributed by atoms with Gasteiger partial charge < -0.3 is 15.1 Å². The van der Waals surface area contributed by atoms with Crippen LogP contribution in [0, 0.1) is 0 Å². The number of para-hydroxylation sites is 1. The highest BCUT2D eigenvalue weighted by atomic mass is 16.4.